The van der Waals surface area contributed by atoms with Crippen LogP contribution in [0.25, 0.3) is 0 Å². The van der Waals surface area contributed by atoms with Crippen molar-refractivity contribution >= 4 is 23.4 Å². The third-order valence-corrected chi connectivity index (χ3v) is 4.01. The Kier molecular flexibility index (Phi) is 4.25. The number of rotatable bonds is 2. The van der Waals surface area contributed by atoms with Crippen molar-refractivity contribution < 1.29 is 19.1 Å². The zero-order chi connectivity index (χ0) is 16.4. The van der Waals surface area contributed by atoms with Crippen molar-refractivity contribution in [2.75, 3.05) is 26.2 Å². The van der Waals surface area contributed by atoms with Crippen LogP contribution in [0.2, 0.25) is 5.02 Å². The predicted molar refractivity (Wildman–Crippen MR) is 83.6 cm³/mol. The second-order valence-corrected chi connectivity index (χ2v) is 5.66. The molecule has 0 atom stereocenters. The van der Waals surface area contributed by atoms with Gasteiger partial charge in [0.1, 0.15) is 5.75 Å². The maximum atomic E-state index is 12.5. The van der Waals surface area contributed by atoms with Gasteiger partial charge < -0.3 is 19.3 Å². The number of phenolic OH excluding ortho intramolecular Hbond substituents is 1. The number of hydrogen-bond donors (Lipinski definition) is 1. The third kappa shape index (κ3) is 3.17. The number of hydrogen-bond acceptors (Lipinski definition) is 4. The average molecular weight is 335 g/mol. The third-order valence-electron chi connectivity index (χ3n) is 3.78. The Hall–Kier alpha value is -2.47. The van der Waals surface area contributed by atoms with Gasteiger partial charge in [0.2, 0.25) is 0 Å². The molecule has 2 aromatic rings. The van der Waals surface area contributed by atoms with E-state index in [0.29, 0.717) is 31.2 Å². The highest BCUT2D eigenvalue weighted by molar-refractivity contribution is 6.31. The maximum absolute atomic E-state index is 12.5. The SMILES string of the molecule is O=C(c1ccco1)N1CCN(C(=O)c2cc(Cl)ccc2O)CC1. The average Bonchev–Trinajstić information content (AvgIpc) is 3.10. The Morgan fingerprint density at radius 1 is 1.04 bits per heavy atom. The van der Waals surface area contributed by atoms with Gasteiger partial charge in [-0.1, -0.05) is 11.6 Å². The van der Waals surface area contributed by atoms with Gasteiger partial charge in [-0.15, -0.1) is 0 Å². The highest BCUT2D eigenvalue weighted by atomic mass is 35.5. The van der Waals surface area contributed by atoms with Gasteiger partial charge in [0, 0.05) is 31.2 Å². The second kappa shape index (κ2) is 6.34. The van der Waals surface area contributed by atoms with Gasteiger partial charge in [-0.25, -0.2) is 0 Å². The molecule has 2 amide bonds. The highest BCUT2D eigenvalue weighted by Gasteiger charge is 2.27. The minimum absolute atomic E-state index is 0.103. The first-order chi connectivity index (χ1) is 11.1. The number of benzene rings is 1. The number of halogens is 1. The molecule has 7 heteroatoms. The summed E-state index contributed by atoms with van der Waals surface area (Å²) in [5, 5.41) is 10.2. The zero-order valence-corrected chi connectivity index (χ0v) is 13.0. The molecular formula is C16H15ClN2O4. The van der Waals surface area contributed by atoms with Crippen molar-refractivity contribution in [3.8, 4) is 5.75 Å². The lowest BCUT2D eigenvalue weighted by Crippen LogP contribution is -2.50. The van der Waals surface area contributed by atoms with Crippen molar-refractivity contribution in [1.82, 2.24) is 9.80 Å². The van der Waals surface area contributed by atoms with Crippen molar-refractivity contribution in [2.24, 2.45) is 0 Å². The Morgan fingerprint density at radius 2 is 1.70 bits per heavy atom. The first-order valence-electron chi connectivity index (χ1n) is 7.17. The van der Waals surface area contributed by atoms with E-state index in [1.165, 1.54) is 24.5 Å². The normalized spacial score (nSPS) is 14.8. The predicted octanol–water partition coefficient (Wildman–Crippen LogP) is 2.24. The summed E-state index contributed by atoms with van der Waals surface area (Å²) in [5.41, 5.74) is 0.170. The topological polar surface area (TPSA) is 74.0 Å². The van der Waals surface area contributed by atoms with E-state index in [0.717, 1.165) is 0 Å². The van der Waals surface area contributed by atoms with Crippen molar-refractivity contribution in [2.45, 2.75) is 0 Å². The lowest BCUT2D eigenvalue weighted by molar-refractivity contribution is 0.0516. The van der Waals surface area contributed by atoms with Crippen LogP contribution in [-0.2, 0) is 0 Å². The molecule has 0 bridgehead atoms. The van der Waals surface area contributed by atoms with E-state index in [-0.39, 0.29) is 28.9 Å². The van der Waals surface area contributed by atoms with Crippen LogP contribution in [0.4, 0.5) is 0 Å². The van der Waals surface area contributed by atoms with Crippen LogP contribution >= 0.6 is 11.6 Å². The van der Waals surface area contributed by atoms with Crippen LogP contribution < -0.4 is 0 Å². The maximum Gasteiger partial charge on any atom is 0.289 e. The molecule has 0 aliphatic carbocycles. The summed E-state index contributed by atoms with van der Waals surface area (Å²) in [7, 11) is 0. The van der Waals surface area contributed by atoms with Gasteiger partial charge in [0.15, 0.2) is 5.76 Å². The molecule has 1 fully saturated rings. The summed E-state index contributed by atoms with van der Waals surface area (Å²) in [4.78, 5) is 27.9. The van der Waals surface area contributed by atoms with E-state index in [1.807, 2.05) is 0 Å². The molecule has 0 unspecified atom stereocenters. The smallest absolute Gasteiger partial charge is 0.289 e. The number of nitrogens with zero attached hydrogens (tertiary/aromatic N) is 2. The van der Waals surface area contributed by atoms with Crippen LogP contribution in [0.5, 0.6) is 5.75 Å². The molecule has 1 aromatic carbocycles. The Morgan fingerprint density at radius 3 is 2.30 bits per heavy atom. The first kappa shape index (κ1) is 15.4. The van der Waals surface area contributed by atoms with Gasteiger partial charge in [-0.2, -0.15) is 0 Å². The summed E-state index contributed by atoms with van der Waals surface area (Å²) in [6, 6.07) is 7.64. The molecule has 1 aromatic heterocycles. The standard InChI is InChI=1S/C16H15ClN2O4/c17-11-3-4-13(20)12(10-11)15(21)18-5-7-19(8-6-18)16(22)14-2-1-9-23-14/h1-4,9-10,20H,5-8H2. The van der Waals surface area contributed by atoms with Gasteiger partial charge in [0.05, 0.1) is 11.8 Å². The van der Waals surface area contributed by atoms with E-state index in [9.17, 15) is 14.7 Å². The Labute approximate surface area is 137 Å². The summed E-state index contributed by atoms with van der Waals surface area (Å²) in [6.45, 7) is 1.59. The van der Waals surface area contributed by atoms with Crippen molar-refractivity contribution in [1.29, 1.82) is 0 Å². The molecular weight excluding hydrogens is 320 g/mol. The van der Waals surface area contributed by atoms with E-state index >= 15 is 0 Å². The van der Waals surface area contributed by atoms with Gasteiger partial charge in [-0.05, 0) is 30.3 Å². The van der Waals surface area contributed by atoms with Crippen molar-refractivity contribution in [3.63, 3.8) is 0 Å². The molecule has 0 spiro atoms. The van der Waals surface area contributed by atoms with Crippen LogP contribution in [0.1, 0.15) is 20.9 Å². The quantitative estimate of drug-likeness (QED) is 0.914. The molecule has 6 nitrogen and oxygen atoms in total. The monoisotopic (exact) mass is 334 g/mol. The fourth-order valence-electron chi connectivity index (χ4n) is 2.52. The second-order valence-electron chi connectivity index (χ2n) is 5.22. The summed E-state index contributed by atoms with van der Waals surface area (Å²) in [5.74, 6) is -0.298. The summed E-state index contributed by atoms with van der Waals surface area (Å²) in [6.07, 6.45) is 1.45. The molecule has 1 N–H and O–H groups in total. The van der Waals surface area contributed by atoms with E-state index in [2.05, 4.69) is 0 Å². The van der Waals surface area contributed by atoms with Gasteiger partial charge >= 0.3 is 0 Å². The van der Waals surface area contributed by atoms with Crippen LogP contribution in [0.3, 0.4) is 0 Å². The first-order valence-corrected chi connectivity index (χ1v) is 7.54. The van der Waals surface area contributed by atoms with E-state index in [1.54, 1.807) is 21.9 Å². The lowest BCUT2D eigenvalue weighted by atomic mass is 10.1. The van der Waals surface area contributed by atoms with Gasteiger partial charge in [0.25, 0.3) is 11.8 Å². The highest BCUT2D eigenvalue weighted by Crippen LogP contribution is 2.23. The number of furan rings is 1. The number of aromatic hydroxyl groups is 1. The minimum Gasteiger partial charge on any atom is -0.507 e. The molecule has 1 aliphatic heterocycles. The van der Waals surface area contributed by atoms with Gasteiger partial charge in [-0.3, -0.25) is 9.59 Å². The van der Waals surface area contributed by atoms with E-state index in [4.69, 9.17) is 16.0 Å². The molecule has 2 heterocycles. The van der Waals surface area contributed by atoms with Crippen LogP contribution in [0.15, 0.2) is 41.0 Å². The number of piperazine rings is 1. The molecule has 0 saturated carbocycles. The molecule has 120 valence electrons. The van der Waals surface area contributed by atoms with Crippen molar-refractivity contribution in [3.05, 3.63) is 52.9 Å². The number of amides is 2. The summed E-state index contributed by atoms with van der Waals surface area (Å²) < 4.78 is 5.10. The lowest BCUT2D eigenvalue weighted by Gasteiger charge is -2.34. The summed E-state index contributed by atoms with van der Waals surface area (Å²) >= 11 is 5.88. The van der Waals surface area contributed by atoms with Crippen LogP contribution in [0, 0.1) is 0 Å². The molecule has 1 aliphatic rings. The Bertz CT molecular complexity index is 722. The minimum atomic E-state index is -0.296. The molecule has 1 saturated heterocycles. The molecule has 0 radical (unpaired) electrons. The fourth-order valence-corrected chi connectivity index (χ4v) is 2.69. The van der Waals surface area contributed by atoms with E-state index < -0.39 is 0 Å². The fraction of sp³-hybridized carbons (Fsp3) is 0.250. The van der Waals surface area contributed by atoms with Crippen LogP contribution in [-0.4, -0.2) is 52.9 Å². The Balaban J connectivity index is 1.66. The molecule has 3 rings (SSSR count). The largest absolute Gasteiger partial charge is 0.507 e. The number of carbonyl (C=O) groups is 2. The number of carbonyl (C=O) groups excluding carboxylic acids is 2. The zero-order valence-electron chi connectivity index (χ0n) is 12.2. The molecule has 23 heavy (non-hydrogen) atoms. The number of phenols is 1.